The zero-order valence-electron chi connectivity index (χ0n) is 9.18. The Labute approximate surface area is 124 Å². The Bertz CT molecular complexity index is 601. The molecule has 2 rings (SSSR count). The van der Waals surface area contributed by atoms with Crippen molar-refractivity contribution in [1.29, 1.82) is 0 Å². The Morgan fingerprint density at radius 1 is 1.00 bits per heavy atom. The van der Waals surface area contributed by atoms with Gasteiger partial charge in [0.05, 0.1) is 17.2 Å². The summed E-state index contributed by atoms with van der Waals surface area (Å²) in [5.41, 5.74) is 1.41. The first-order valence-corrected chi connectivity index (χ1v) is 6.39. The molecule has 0 unspecified atom stereocenters. The molecule has 0 saturated heterocycles. The van der Waals surface area contributed by atoms with Gasteiger partial charge in [0.25, 0.3) is 0 Å². The summed E-state index contributed by atoms with van der Waals surface area (Å²) in [7, 11) is 1.51. The Kier molecular flexibility index (Phi) is 4.23. The highest BCUT2D eigenvalue weighted by molar-refractivity contribution is 6.45. The molecular formula is C12H7Cl4NO. The zero-order chi connectivity index (χ0) is 13.3. The smallest absolute Gasteiger partial charge is 0.214 e. The number of hydrogen-bond acceptors (Lipinski definition) is 2. The summed E-state index contributed by atoms with van der Waals surface area (Å²) in [6.45, 7) is 0. The molecule has 1 aromatic carbocycles. The second kappa shape index (κ2) is 5.54. The van der Waals surface area contributed by atoms with Crippen molar-refractivity contribution in [1.82, 2.24) is 4.98 Å². The number of nitrogens with zero attached hydrogens (tertiary/aromatic N) is 1. The maximum absolute atomic E-state index is 6.15. The van der Waals surface area contributed by atoms with Gasteiger partial charge in [0.15, 0.2) is 0 Å². The van der Waals surface area contributed by atoms with Gasteiger partial charge in [-0.15, -0.1) is 0 Å². The minimum absolute atomic E-state index is 0.302. The Balaban J connectivity index is 2.65. The Morgan fingerprint density at radius 2 is 1.72 bits per heavy atom. The van der Waals surface area contributed by atoms with Crippen molar-refractivity contribution < 1.29 is 4.74 Å². The van der Waals surface area contributed by atoms with E-state index >= 15 is 0 Å². The monoisotopic (exact) mass is 321 g/mol. The van der Waals surface area contributed by atoms with Crippen LogP contribution in [0, 0.1) is 0 Å². The topological polar surface area (TPSA) is 22.1 Å². The first-order valence-electron chi connectivity index (χ1n) is 4.87. The second-order valence-electron chi connectivity index (χ2n) is 3.47. The van der Waals surface area contributed by atoms with Crippen LogP contribution < -0.4 is 4.74 Å². The average molecular weight is 323 g/mol. The lowest BCUT2D eigenvalue weighted by Gasteiger charge is -2.09. The van der Waals surface area contributed by atoms with Gasteiger partial charge in [-0.3, -0.25) is 0 Å². The maximum atomic E-state index is 6.15. The highest BCUT2D eigenvalue weighted by Gasteiger charge is 2.11. The molecule has 1 heterocycles. The molecule has 0 radical (unpaired) electrons. The normalized spacial score (nSPS) is 10.5. The summed E-state index contributed by atoms with van der Waals surface area (Å²) in [5.74, 6) is 0.393. The van der Waals surface area contributed by atoms with Gasteiger partial charge in [0.1, 0.15) is 5.15 Å². The Hall–Kier alpha value is -0.670. The van der Waals surface area contributed by atoms with Crippen LogP contribution >= 0.6 is 46.4 Å². The molecule has 18 heavy (non-hydrogen) atoms. The van der Waals surface area contributed by atoms with E-state index in [9.17, 15) is 0 Å². The zero-order valence-corrected chi connectivity index (χ0v) is 12.2. The van der Waals surface area contributed by atoms with Crippen LogP contribution in [-0.4, -0.2) is 12.1 Å². The molecule has 0 bridgehead atoms. The predicted octanol–water partition coefficient (Wildman–Crippen LogP) is 5.37. The summed E-state index contributed by atoms with van der Waals surface area (Å²) >= 11 is 24.0. The summed E-state index contributed by atoms with van der Waals surface area (Å²) in [6, 6.07) is 6.66. The molecule has 0 amide bonds. The lowest BCUT2D eigenvalue weighted by molar-refractivity contribution is 0.398. The molecular weight excluding hydrogens is 316 g/mol. The SMILES string of the molecule is COc1cc(-c2cc(Cl)cc(Cl)c2Cl)cc(Cl)n1. The first-order chi connectivity index (χ1) is 8.51. The molecule has 2 nitrogen and oxygen atoms in total. The summed E-state index contributed by atoms with van der Waals surface area (Å²) in [6.07, 6.45) is 0. The number of benzene rings is 1. The number of methoxy groups -OCH3 is 1. The van der Waals surface area contributed by atoms with Gasteiger partial charge < -0.3 is 4.74 Å². The molecule has 0 atom stereocenters. The van der Waals surface area contributed by atoms with Gasteiger partial charge in [-0.1, -0.05) is 46.4 Å². The average Bonchev–Trinajstić information content (AvgIpc) is 2.32. The van der Waals surface area contributed by atoms with E-state index in [4.69, 9.17) is 51.1 Å². The molecule has 0 aliphatic heterocycles. The molecule has 94 valence electrons. The van der Waals surface area contributed by atoms with Crippen LogP contribution in [0.25, 0.3) is 11.1 Å². The molecule has 2 aromatic rings. The highest BCUT2D eigenvalue weighted by atomic mass is 35.5. The summed E-state index contributed by atoms with van der Waals surface area (Å²) < 4.78 is 5.05. The third-order valence-corrected chi connectivity index (χ3v) is 3.50. The first kappa shape index (κ1) is 13.8. The number of aromatic nitrogens is 1. The van der Waals surface area contributed by atoms with E-state index in [1.807, 2.05) is 0 Å². The van der Waals surface area contributed by atoms with Crippen molar-refractivity contribution in [3.05, 3.63) is 44.5 Å². The second-order valence-corrected chi connectivity index (χ2v) is 5.08. The van der Waals surface area contributed by atoms with E-state index in [0.717, 1.165) is 5.56 Å². The largest absolute Gasteiger partial charge is 0.481 e. The molecule has 0 spiro atoms. The van der Waals surface area contributed by atoms with Gasteiger partial charge in [0, 0.05) is 16.7 Å². The van der Waals surface area contributed by atoms with Crippen molar-refractivity contribution >= 4 is 46.4 Å². The number of pyridine rings is 1. The Morgan fingerprint density at radius 3 is 2.39 bits per heavy atom. The van der Waals surface area contributed by atoms with Gasteiger partial charge in [-0.2, -0.15) is 0 Å². The van der Waals surface area contributed by atoms with Gasteiger partial charge >= 0.3 is 0 Å². The highest BCUT2D eigenvalue weighted by Crippen LogP contribution is 2.37. The van der Waals surface area contributed by atoms with Gasteiger partial charge in [-0.25, -0.2) is 4.98 Å². The molecule has 1 aromatic heterocycles. The van der Waals surface area contributed by atoms with Gasteiger partial charge in [0.2, 0.25) is 5.88 Å². The van der Waals surface area contributed by atoms with Crippen LogP contribution in [0.2, 0.25) is 20.2 Å². The van der Waals surface area contributed by atoms with E-state index in [2.05, 4.69) is 4.98 Å². The van der Waals surface area contributed by atoms with Crippen molar-refractivity contribution in [2.45, 2.75) is 0 Å². The van der Waals surface area contributed by atoms with Crippen LogP contribution in [-0.2, 0) is 0 Å². The molecule has 0 saturated carbocycles. The molecule has 6 heteroatoms. The van der Waals surface area contributed by atoms with E-state index < -0.39 is 0 Å². The minimum atomic E-state index is 0.302. The van der Waals surface area contributed by atoms with Crippen molar-refractivity contribution in [2.24, 2.45) is 0 Å². The van der Waals surface area contributed by atoms with Crippen LogP contribution in [0.3, 0.4) is 0 Å². The van der Waals surface area contributed by atoms with Crippen molar-refractivity contribution in [2.75, 3.05) is 7.11 Å². The van der Waals surface area contributed by atoms with Gasteiger partial charge in [-0.05, 0) is 23.8 Å². The van der Waals surface area contributed by atoms with Crippen LogP contribution in [0.4, 0.5) is 0 Å². The molecule has 0 N–H and O–H groups in total. The summed E-state index contributed by atoms with van der Waals surface area (Å²) in [5, 5.41) is 1.58. The lowest BCUT2D eigenvalue weighted by Crippen LogP contribution is -1.90. The molecule has 0 aliphatic carbocycles. The maximum Gasteiger partial charge on any atom is 0.214 e. The fourth-order valence-corrected chi connectivity index (χ4v) is 2.41. The lowest BCUT2D eigenvalue weighted by atomic mass is 10.1. The quantitative estimate of drug-likeness (QED) is 0.547. The van der Waals surface area contributed by atoms with E-state index in [1.165, 1.54) is 7.11 Å². The minimum Gasteiger partial charge on any atom is -0.481 e. The standard InChI is InChI=1S/C12H7Cl4NO/c1-18-11-3-6(2-10(15)17-11)8-4-7(13)5-9(14)12(8)16/h2-5H,1H3. The number of hydrogen-bond donors (Lipinski definition) is 0. The summed E-state index contributed by atoms with van der Waals surface area (Å²) in [4.78, 5) is 3.99. The predicted molar refractivity (Wildman–Crippen MR) is 76.3 cm³/mol. The van der Waals surface area contributed by atoms with E-state index in [0.29, 0.717) is 31.7 Å². The fraction of sp³-hybridized carbons (Fsp3) is 0.0833. The molecule has 0 fully saturated rings. The van der Waals surface area contributed by atoms with Crippen LogP contribution in [0.15, 0.2) is 24.3 Å². The third-order valence-electron chi connectivity index (χ3n) is 2.28. The molecule has 0 aliphatic rings. The number of rotatable bonds is 2. The van der Waals surface area contributed by atoms with E-state index in [1.54, 1.807) is 24.3 Å². The number of halogens is 4. The van der Waals surface area contributed by atoms with Crippen molar-refractivity contribution in [3.8, 4) is 17.0 Å². The number of ether oxygens (including phenoxy) is 1. The van der Waals surface area contributed by atoms with E-state index in [-0.39, 0.29) is 0 Å². The fourth-order valence-electron chi connectivity index (χ4n) is 1.50. The third kappa shape index (κ3) is 2.83. The van der Waals surface area contributed by atoms with Crippen molar-refractivity contribution in [3.63, 3.8) is 0 Å². The van der Waals surface area contributed by atoms with Crippen LogP contribution in [0.5, 0.6) is 5.88 Å². The van der Waals surface area contributed by atoms with Crippen LogP contribution in [0.1, 0.15) is 0 Å².